The number of thiophene rings is 1. The molecule has 1 aromatic heterocycles. The molecule has 1 saturated carbocycles. The summed E-state index contributed by atoms with van der Waals surface area (Å²) < 4.78 is 1.17. The van der Waals surface area contributed by atoms with Crippen molar-refractivity contribution >= 4 is 32.3 Å². The highest BCUT2D eigenvalue weighted by atomic mass is 79.9. The lowest BCUT2D eigenvalue weighted by molar-refractivity contribution is 0.404. The molecule has 0 amide bonds. The zero-order valence-corrected chi connectivity index (χ0v) is 10.4. The fourth-order valence-electron chi connectivity index (χ4n) is 1.91. The van der Waals surface area contributed by atoms with Crippen LogP contribution in [0.5, 0.6) is 0 Å². The van der Waals surface area contributed by atoms with E-state index in [2.05, 4.69) is 33.4 Å². The molecule has 1 heterocycles. The van der Waals surface area contributed by atoms with Gasteiger partial charge in [-0.05, 0) is 40.9 Å². The Bertz CT molecular complexity index is 300. The van der Waals surface area contributed by atoms with Crippen LogP contribution in [-0.4, -0.2) is 12.1 Å². The maximum absolute atomic E-state index is 6.06. The van der Waals surface area contributed by atoms with Gasteiger partial charge in [0.15, 0.2) is 0 Å². The van der Waals surface area contributed by atoms with Crippen LogP contribution in [0.2, 0.25) is 0 Å². The minimum atomic E-state index is 0.324. The summed E-state index contributed by atoms with van der Waals surface area (Å²) in [5.41, 5.74) is 6.06. The van der Waals surface area contributed by atoms with E-state index in [1.54, 1.807) is 11.3 Å². The van der Waals surface area contributed by atoms with E-state index in [1.807, 2.05) is 0 Å². The van der Waals surface area contributed by atoms with Crippen molar-refractivity contribution in [1.29, 1.82) is 0 Å². The van der Waals surface area contributed by atoms with E-state index in [0.717, 1.165) is 6.42 Å². The molecule has 0 spiro atoms. The van der Waals surface area contributed by atoms with Gasteiger partial charge in [0.05, 0.1) is 8.79 Å². The topological polar surface area (TPSA) is 38.0 Å². The molecule has 1 aliphatic rings. The predicted octanol–water partition coefficient (Wildman–Crippen LogP) is 3.19. The SMILES string of the molecule is NC1CCCCC1Nc1ccc(Br)s1. The van der Waals surface area contributed by atoms with Crippen LogP contribution < -0.4 is 11.1 Å². The molecule has 4 heteroatoms. The van der Waals surface area contributed by atoms with E-state index in [1.165, 1.54) is 28.0 Å². The molecule has 1 aliphatic carbocycles. The third-order valence-electron chi connectivity index (χ3n) is 2.72. The van der Waals surface area contributed by atoms with Gasteiger partial charge in [-0.25, -0.2) is 0 Å². The summed E-state index contributed by atoms with van der Waals surface area (Å²) in [5, 5.41) is 4.74. The van der Waals surface area contributed by atoms with E-state index in [0.29, 0.717) is 12.1 Å². The van der Waals surface area contributed by atoms with Crippen molar-refractivity contribution in [1.82, 2.24) is 0 Å². The summed E-state index contributed by atoms with van der Waals surface area (Å²) in [5.74, 6) is 0. The van der Waals surface area contributed by atoms with Gasteiger partial charge in [-0.15, -0.1) is 11.3 Å². The van der Waals surface area contributed by atoms with Crippen LogP contribution in [0.25, 0.3) is 0 Å². The molecule has 0 saturated heterocycles. The van der Waals surface area contributed by atoms with Crippen LogP contribution in [0.3, 0.4) is 0 Å². The van der Waals surface area contributed by atoms with Crippen LogP contribution in [0.1, 0.15) is 25.7 Å². The highest BCUT2D eigenvalue weighted by Gasteiger charge is 2.21. The number of hydrogen-bond acceptors (Lipinski definition) is 3. The Kier molecular flexibility index (Phi) is 3.47. The van der Waals surface area contributed by atoms with Gasteiger partial charge in [0.25, 0.3) is 0 Å². The Labute approximate surface area is 97.0 Å². The molecule has 0 aliphatic heterocycles. The second kappa shape index (κ2) is 4.64. The summed E-state index contributed by atoms with van der Waals surface area (Å²) in [7, 11) is 0. The maximum atomic E-state index is 6.06. The van der Waals surface area contributed by atoms with Crippen LogP contribution in [0.15, 0.2) is 15.9 Å². The molecule has 1 aromatic rings. The van der Waals surface area contributed by atoms with Gasteiger partial charge in [0.1, 0.15) is 0 Å². The lowest BCUT2D eigenvalue weighted by Gasteiger charge is -2.29. The number of anilines is 1. The van der Waals surface area contributed by atoms with Crippen molar-refractivity contribution in [2.75, 3.05) is 5.32 Å². The quantitative estimate of drug-likeness (QED) is 0.869. The van der Waals surface area contributed by atoms with Crippen molar-refractivity contribution in [3.05, 3.63) is 15.9 Å². The summed E-state index contributed by atoms with van der Waals surface area (Å²) >= 11 is 5.19. The maximum Gasteiger partial charge on any atom is 0.0897 e. The molecule has 0 bridgehead atoms. The van der Waals surface area contributed by atoms with Crippen molar-refractivity contribution < 1.29 is 0 Å². The molecular weight excluding hydrogens is 260 g/mol. The third-order valence-corrected chi connectivity index (χ3v) is 4.28. The van der Waals surface area contributed by atoms with Crippen molar-refractivity contribution in [3.63, 3.8) is 0 Å². The van der Waals surface area contributed by atoms with Gasteiger partial charge in [-0.1, -0.05) is 12.8 Å². The van der Waals surface area contributed by atoms with Gasteiger partial charge in [0.2, 0.25) is 0 Å². The van der Waals surface area contributed by atoms with E-state index < -0.39 is 0 Å². The zero-order valence-electron chi connectivity index (χ0n) is 8.00. The van der Waals surface area contributed by atoms with Crippen LogP contribution in [-0.2, 0) is 0 Å². The van der Waals surface area contributed by atoms with Crippen molar-refractivity contribution in [3.8, 4) is 0 Å². The van der Waals surface area contributed by atoms with Gasteiger partial charge in [-0.2, -0.15) is 0 Å². The molecule has 78 valence electrons. The molecule has 2 rings (SSSR count). The van der Waals surface area contributed by atoms with Gasteiger partial charge in [0, 0.05) is 12.1 Å². The average Bonchev–Trinajstić information content (AvgIpc) is 2.56. The zero-order chi connectivity index (χ0) is 9.97. The second-order valence-corrected chi connectivity index (χ2v) is 6.27. The summed E-state index contributed by atoms with van der Waals surface area (Å²) in [4.78, 5) is 0. The summed E-state index contributed by atoms with van der Waals surface area (Å²) in [6, 6.07) is 4.97. The van der Waals surface area contributed by atoms with E-state index in [4.69, 9.17) is 5.73 Å². The lowest BCUT2D eigenvalue weighted by atomic mass is 9.91. The molecule has 3 N–H and O–H groups in total. The molecule has 14 heavy (non-hydrogen) atoms. The van der Waals surface area contributed by atoms with Gasteiger partial charge >= 0.3 is 0 Å². The van der Waals surface area contributed by atoms with Crippen molar-refractivity contribution in [2.24, 2.45) is 5.73 Å². The molecule has 0 radical (unpaired) electrons. The van der Waals surface area contributed by atoms with Crippen LogP contribution in [0.4, 0.5) is 5.00 Å². The van der Waals surface area contributed by atoms with Crippen molar-refractivity contribution in [2.45, 2.75) is 37.8 Å². The summed E-state index contributed by atoms with van der Waals surface area (Å²) in [6.45, 7) is 0. The first-order valence-electron chi connectivity index (χ1n) is 5.03. The highest BCUT2D eigenvalue weighted by Crippen LogP contribution is 2.29. The molecule has 0 aromatic carbocycles. The molecule has 2 unspecified atom stereocenters. The Balaban J connectivity index is 1.95. The Hall–Kier alpha value is -0.0600. The van der Waals surface area contributed by atoms with E-state index in [9.17, 15) is 0 Å². The number of hydrogen-bond donors (Lipinski definition) is 2. The van der Waals surface area contributed by atoms with E-state index >= 15 is 0 Å². The smallest absolute Gasteiger partial charge is 0.0897 e. The standard InChI is InChI=1S/C10H15BrN2S/c11-9-5-6-10(14-9)13-8-4-2-1-3-7(8)12/h5-8,13H,1-4,12H2. The monoisotopic (exact) mass is 274 g/mol. The fraction of sp³-hybridized carbons (Fsp3) is 0.600. The molecule has 2 nitrogen and oxygen atoms in total. The first kappa shape index (κ1) is 10.5. The van der Waals surface area contributed by atoms with Crippen LogP contribution in [0, 0.1) is 0 Å². The fourth-order valence-corrected chi connectivity index (χ4v) is 3.26. The number of nitrogens with two attached hydrogens (primary N) is 1. The molecule has 2 atom stereocenters. The molecular formula is C10H15BrN2S. The predicted molar refractivity (Wildman–Crippen MR) is 65.9 cm³/mol. The second-order valence-electron chi connectivity index (χ2n) is 3.80. The van der Waals surface area contributed by atoms with Gasteiger partial charge < -0.3 is 11.1 Å². The first-order valence-corrected chi connectivity index (χ1v) is 6.64. The lowest BCUT2D eigenvalue weighted by Crippen LogP contribution is -2.42. The Morgan fingerprint density at radius 1 is 1.36 bits per heavy atom. The number of nitrogens with one attached hydrogen (secondary N) is 1. The normalized spacial score (nSPS) is 27.6. The minimum absolute atomic E-state index is 0.324. The highest BCUT2D eigenvalue weighted by molar-refractivity contribution is 9.11. The van der Waals surface area contributed by atoms with Crippen LogP contribution >= 0.6 is 27.3 Å². The molecule has 1 fully saturated rings. The van der Waals surface area contributed by atoms with Gasteiger partial charge in [-0.3, -0.25) is 0 Å². The average molecular weight is 275 g/mol. The van der Waals surface area contributed by atoms with E-state index in [-0.39, 0.29) is 0 Å². The number of rotatable bonds is 2. The Morgan fingerprint density at radius 2 is 2.14 bits per heavy atom. The Morgan fingerprint density at radius 3 is 2.79 bits per heavy atom. The minimum Gasteiger partial charge on any atom is -0.373 e. The third kappa shape index (κ3) is 2.49. The number of halogens is 1. The first-order chi connectivity index (χ1) is 6.75. The summed E-state index contributed by atoms with van der Waals surface area (Å²) in [6.07, 6.45) is 4.95. The largest absolute Gasteiger partial charge is 0.373 e.